The van der Waals surface area contributed by atoms with Crippen LogP contribution in [0.25, 0.3) is 22.2 Å². The minimum absolute atomic E-state index is 0.168. The van der Waals surface area contributed by atoms with Gasteiger partial charge in [0.2, 0.25) is 0 Å². The fourth-order valence-corrected chi connectivity index (χ4v) is 4.32. The Balaban J connectivity index is 0.000000426. The van der Waals surface area contributed by atoms with Crippen molar-refractivity contribution in [2.75, 3.05) is 13.2 Å². The monoisotopic (exact) mass is 532 g/mol. The zero-order valence-corrected chi connectivity index (χ0v) is 20.5. The van der Waals surface area contributed by atoms with Gasteiger partial charge >= 0.3 is 17.8 Å². The van der Waals surface area contributed by atoms with Crippen molar-refractivity contribution in [1.29, 1.82) is 0 Å². The number of aliphatic carboxylic acids is 1. The number of pyridine rings is 1. The van der Waals surface area contributed by atoms with Crippen LogP contribution in [0.4, 0.5) is 13.2 Å². The number of nitrogens with one attached hydrogen (secondary N) is 1. The number of halogens is 3. The number of hydrogen-bond donors (Lipinski definition) is 3. The molecule has 5 rings (SSSR count). The number of hydrogen-bond acceptors (Lipinski definition) is 7. The number of ether oxygens (including phenoxy) is 1. The van der Waals surface area contributed by atoms with Gasteiger partial charge in [-0.3, -0.25) is 14.5 Å². The molecule has 3 aromatic heterocycles. The molecule has 1 aliphatic rings. The van der Waals surface area contributed by atoms with E-state index in [0.29, 0.717) is 34.1 Å². The number of amidine groups is 1. The SMILES string of the molecule is CC(N)=NCC1(c2ccccn2)COc2c(-c3c(C)noc3C)ccc3[nH]c(=O)n1c23.O=C(O)C(F)(F)F. The van der Waals surface area contributed by atoms with Crippen molar-refractivity contribution in [2.24, 2.45) is 10.7 Å². The van der Waals surface area contributed by atoms with Crippen LogP contribution < -0.4 is 16.2 Å². The fraction of sp³-hybridized carbons (Fsp3) is 0.292. The number of benzene rings is 1. The Morgan fingerprint density at radius 2 is 2.00 bits per heavy atom. The lowest BCUT2D eigenvalue weighted by Crippen LogP contribution is -2.51. The summed E-state index contributed by atoms with van der Waals surface area (Å²) >= 11 is 0. The molecule has 1 unspecified atom stereocenters. The maximum absolute atomic E-state index is 13.2. The van der Waals surface area contributed by atoms with Crippen LogP contribution in [-0.2, 0) is 10.3 Å². The third-order valence-electron chi connectivity index (χ3n) is 5.96. The van der Waals surface area contributed by atoms with Gasteiger partial charge in [0.15, 0.2) is 5.75 Å². The molecule has 0 radical (unpaired) electrons. The first-order chi connectivity index (χ1) is 17.9. The van der Waals surface area contributed by atoms with Gasteiger partial charge < -0.3 is 25.1 Å². The highest BCUT2D eigenvalue weighted by Crippen LogP contribution is 2.44. The normalized spacial score (nSPS) is 17.1. The standard InChI is InChI=1S/C22H22N6O3.C2HF3O2/c1-12-18(13(2)31-27-12)15-7-8-16-19-20(15)30-11-22(10-25-14(3)23,28(19)21(29)26-16)17-6-4-5-9-24-17;3-2(4,5)1(6)7/h4-9H,10-11H2,1-3H3,(H2,23,25)(H,26,29);(H,6,7). The predicted molar refractivity (Wildman–Crippen MR) is 130 cm³/mol. The minimum atomic E-state index is -5.08. The summed E-state index contributed by atoms with van der Waals surface area (Å²) in [6.07, 6.45) is -3.39. The van der Waals surface area contributed by atoms with Crippen molar-refractivity contribution in [3.63, 3.8) is 0 Å². The Hall–Kier alpha value is -4.62. The summed E-state index contributed by atoms with van der Waals surface area (Å²) in [5.74, 6) is -1.05. The third-order valence-corrected chi connectivity index (χ3v) is 5.96. The molecule has 0 fully saturated rings. The molecular formula is C24H23F3N6O5. The quantitative estimate of drug-likeness (QED) is 0.267. The number of nitrogens with two attached hydrogens (primary N) is 1. The van der Waals surface area contributed by atoms with Gasteiger partial charge in [-0.1, -0.05) is 11.2 Å². The van der Waals surface area contributed by atoms with E-state index in [1.165, 1.54) is 0 Å². The van der Waals surface area contributed by atoms with Crippen molar-refractivity contribution in [3.8, 4) is 16.9 Å². The summed E-state index contributed by atoms with van der Waals surface area (Å²) < 4.78 is 45.2. The number of aliphatic imine (C=N–C) groups is 1. The number of carboxylic acid groups (broad SMARTS) is 1. The summed E-state index contributed by atoms with van der Waals surface area (Å²) in [5, 5.41) is 11.2. The van der Waals surface area contributed by atoms with Crippen molar-refractivity contribution in [2.45, 2.75) is 32.5 Å². The zero-order chi connectivity index (χ0) is 27.8. The van der Waals surface area contributed by atoms with Gasteiger partial charge in [-0.2, -0.15) is 13.2 Å². The number of aromatic nitrogens is 4. The molecule has 4 N–H and O–H groups in total. The van der Waals surface area contributed by atoms with E-state index in [0.717, 1.165) is 16.8 Å². The molecule has 0 amide bonds. The molecule has 1 aliphatic heterocycles. The van der Waals surface area contributed by atoms with Gasteiger partial charge in [0, 0.05) is 11.8 Å². The molecule has 11 nitrogen and oxygen atoms in total. The highest BCUT2D eigenvalue weighted by molar-refractivity contribution is 5.92. The second-order valence-corrected chi connectivity index (χ2v) is 8.60. The van der Waals surface area contributed by atoms with E-state index in [4.69, 9.17) is 24.9 Å². The first-order valence-corrected chi connectivity index (χ1v) is 11.2. The Bertz CT molecular complexity index is 1570. The Labute approximate surface area is 212 Å². The van der Waals surface area contributed by atoms with Gasteiger partial charge in [-0.15, -0.1) is 0 Å². The molecule has 1 aromatic carbocycles. The lowest BCUT2D eigenvalue weighted by molar-refractivity contribution is -0.192. The number of carbonyl (C=O) groups is 1. The van der Waals surface area contributed by atoms with E-state index in [1.807, 2.05) is 44.2 Å². The van der Waals surface area contributed by atoms with Gasteiger partial charge in [0.05, 0.1) is 34.8 Å². The largest absolute Gasteiger partial charge is 0.490 e. The number of aromatic amines is 1. The topological polar surface area (TPSA) is 162 Å². The van der Waals surface area contributed by atoms with Crippen LogP contribution in [0.1, 0.15) is 24.1 Å². The van der Waals surface area contributed by atoms with Crippen LogP contribution in [0.3, 0.4) is 0 Å². The lowest BCUT2D eigenvalue weighted by Gasteiger charge is -2.37. The maximum Gasteiger partial charge on any atom is 0.490 e. The number of carboxylic acids is 1. The molecule has 0 saturated carbocycles. The van der Waals surface area contributed by atoms with Gasteiger partial charge in [-0.25, -0.2) is 9.59 Å². The average molecular weight is 532 g/mol. The second kappa shape index (κ2) is 9.68. The van der Waals surface area contributed by atoms with Crippen molar-refractivity contribution in [3.05, 3.63) is 64.2 Å². The zero-order valence-electron chi connectivity index (χ0n) is 20.5. The molecule has 0 spiro atoms. The average Bonchev–Trinajstić information content (AvgIpc) is 3.38. The molecule has 0 saturated heterocycles. The van der Waals surface area contributed by atoms with Gasteiger partial charge in [-0.05, 0) is 45.0 Å². The van der Waals surface area contributed by atoms with Crippen LogP contribution in [-0.4, -0.2) is 55.9 Å². The number of alkyl halides is 3. The van der Waals surface area contributed by atoms with Gasteiger partial charge in [0.25, 0.3) is 0 Å². The number of nitrogens with zero attached hydrogens (tertiary/aromatic N) is 4. The van der Waals surface area contributed by atoms with E-state index in [2.05, 4.69) is 20.1 Å². The molecule has 1 atom stereocenters. The van der Waals surface area contributed by atoms with E-state index < -0.39 is 17.7 Å². The van der Waals surface area contributed by atoms with Crippen LogP contribution in [0, 0.1) is 13.8 Å². The van der Waals surface area contributed by atoms with Crippen LogP contribution in [0.15, 0.2) is 50.8 Å². The number of imidazole rings is 1. The number of rotatable bonds is 4. The summed E-state index contributed by atoms with van der Waals surface area (Å²) in [6, 6.07) is 9.37. The molecule has 4 aromatic rings. The summed E-state index contributed by atoms with van der Waals surface area (Å²) in [5.41, 5.74) is 9.09. The Morgan fingerprint density at radius 1 is 1.29 bits per heavy atom. The first kappa shape index (κ1) is 26.4. The molecule has 38 heavy (non-hydrogen) atoms. The summed E-state index contributed by atoms with van der Waals surface area (Å²) in [4.78, 5) is 34.1. The van der Waals surface area contributed by atoms with E-state index in [9.17, 15) is 18.0 Å². The highest BCUT2D eigenvalue weighted by Gasteiger charge is 2.44. The predicted octanol–water partition coefficient (Wildman–Crippen LogP) is 3.14. The first-order valence-electron chi connectivity index (χ1n) is 11.2. The van der Waals surface area contributed by atoms with Crippen LogP contribution in [0.2, 0.25) is 0 Å². The molecule has 0 bridgehead atoms. The molecule has 14 heteroatoms. The third kappa shape index (κ3) is 4.60. The number of H-pyrrole nitrogens is 1. The van der Waals surface area contributed by atoms with Crippen LogP contribution in [0.5, 0.6) is 5.75 Å². The summed E-state index contributed by atoms with van der Waals surface area (Å²) in [7, 11) is 0. The lowest BCUT2D eigenvalue weighted by atomic mass is 9.92. The molecule has 0 aliphatic carbocycles. The molecule has 200 valence electrons. The molecular weight excluding hydrogens is 509 g/mol. The molecule has 4 heterocycles. The van der Waals surface area contributed by atoms with E-state index >= 15 is 0 Å². The Morgan fingerprint density at radius 3 is 2.55 bits per heavy atom. The van der Waals surface area contributed by atoms with Crippen LogP contribution >= 0.6 is 0 Å². The van der Waals surface area contributed by atoms with Crippen molar-refractivity contribution in [1.82, 2.24) is 19.7 Å². The fourth-order valence-electron chi connectivity index (χ4n) is 4.32. The van der Waals surface area contributed by atoms with Crippen molar-refractivity contribution < 1.29 is 32.3 Å². The summed E-state index contributed by atoms with van der Waals surface area (Å²) in [6.45, 7) is 5.84. The minimum Gasteiger partial charge on any atom is -0.488 e. The smallest absolute Gasteiger partial charge is 0.488 e. The van der Waals surface area contributed by atoms with Crippen molar-refractivity contribution >= 4 is 22.8 Å². The maximum atomic E-state index is 13.2. The van der Waals surface area contributed by atoms with E-state index in [1.54, 1.807) is 17.7 Å². The van der Waals surface area contributed by atoms with Gasteiger partial charge in [0.1, 0.15) is 23.4 Å². The highest BCUT2D eigenvalue weighted by atomic mass is 19.4. The second-order valence-electron chi connectivity index (χ2n) is 8.60. The van der Waals surface area contributed by atoms with E-state index in [-0.39, 0.29) is 18.8 Å². The number of aryl methyl sites for hydroxylation is 2. The Kier molecular flexibility index (Phi) is 6.74.